The van der Waals surface area contributed by atoms with Gasteiger partial charge in [-0.25, -0.2) is 4.79 Å². The summed E-state index contributed by atoms with van der Waals surface area (Å²) in [4.78, 5) is 12.9. The van der Waals surface area contributed by atoms with Crippen molar-refractivity contribution in [2.75, 3.05) is 26.1 Å². The van der Waals surface area contributed by atoms with Crippen molar-refractivity contribution in [3.05, 3.63) is 35.8 Å². The van der Waals surface area contributed by atoms with E-state index in [-0.39, 0.29) is 12.8 Å². The molecule has 4 heteroatoms. The molecule has 0 saturated heterocycles. The Labute approximate surface area is 182 Å². The molecule has 0 aliphatic heterocycles. The molecule has 1 saturated carbocycles. The third-order valence-electron chi connectivity index (χ3n) is 4.11. The Kier molecular flexibility index (Phi) is 2.77. The summed E-state index contributed by atoms with van der Waals surface area (Å²) < 4.78 is 146. The van der Waals surface area contributed by atoms with Gasteiger partial charge in [0, 0.05) is 19.6 Å². The normalized spacial score (nSPS) is 29.9. The smallest absolute Gasteiger partial charge is 0.344 e. The minimum absolute atomic E-state index is 0.244. The molecule has 142 valence electrons. The topological polar surface area (TPSA) is 49.8 Å². The fourth-order valence-corrected chi connectivity index (χ4v) is 2.84. The number of carbonyl (C=O) groups is 1. The second-order valence-corrected chi connectivity index (χ2v) is 5.62. The maximum Gasteiger partial charge on any atom is 0.344 e. The molecule has 1 aromatic rings. The Balaban J connectivity index is 2.60. The molecule has 0 bridgehead atoms. The van der Waals surface area contributed by atoms with Crippen molar-refractivity contribution in [3.63, 3.8) is 0 Å². The van der Waals surface area contributed by atoms with Crippen LogP contribution in [-0.2, 0) is 15.1 Å². The predicted octanol–water partition coefficient (Wildman–Crippen LogP) is 3.34. The van der Waals surface area contributed by atoms with Crippen molar-refractivity contribution in [2.24, 2.45) is 5.92 Å². The average molecular weight is 376 g/mol. The van der Waals surface area contributed by atoms with Gasteiger partial charge in [0.1, 0.15) is 0 Å². The van der Waals surface area contributed by atoms with Crippen molar-refractivity contribution in [2.45, 2.75) is 51.4 Å². The molecule has 1 fully saturated rings. The van der Waals surface area contributed by atoms with E-state index in [0.717, 1.165) is 6.42 Å². The molecule has 1 aliphatic rings. The number of hydrogen-bond acceptors (Lipinski definition) is 4. The van der Waals surface area contributed by atoms with E-state index in [2.05, 4.69) is 0 Å². The summed E-state index contributed by atoms with van der Waals surface area (Å²) in [7, 11) is 0. The van der Waals surface area contributed by atoms with E-state index in [9.17, 15) is 4.79 Å². The van der Waals surface area contributed by atoms with Crippen molar-refractivity contribution < 1.29 is 37.9 Å². The minimum atomic E-state index is -3.91. The highest BCUT2D eigenvalue weighted by atomic mass is 16.5. The Morgan fingerprint density at radius 2 is 2.08 bits per heavy atom. The first-order chi connectivity index (χ1) is 19.8. The van der Waals surface area contributed by atoms with E-state index in [1.165, 1.54) is 0 Å². The molecule has 2 rings (SSSR count). The molecule has 0 heterocycles. The summed E-state index contributed by atoms with van der Waals surface area (Å²) in [5.41, 5.74) is -3.19. The molecule has 26 heavy (non-hydrogen) atoms. The van der Waals surface area contributed by atoms with Crippen LogP contribution < -0.4 is 0 Å². The van der Waals surface area contributed by atoms with Crippen molar-refractivity contribution in [1.82, 2.24) is 4.90 Å². The Bertz CT molecular complexity index is 1240. The lowest BCUT2D eigenvalue weighted by molar-refractivity contribution is -0.174. The monoisotopic (exact) mass is 375 g/mol. The van der Waals surface area contributed by atoms with Gasteiger partial charge in [-0.3, -0.25) is 4.90 Å². The number of nitrogens with zero attached hydrogens (tertiary/aromatic N) is 1. The average Bonchev–Trinajstić information content (AvgIpc) is 2.90. The molecular weight excluding hydrogens is 326 g/mol. The van der Waals surface area contributed by atoms with Gasteiger partial charge in [0.05, 0.1) is 16.1 Å². The van der Waals surface area contributed by atoms with Crippen molar-refractivity contribution in [3.8, 4) is 11.8 Å². The van der Waals surface area contributed by atoms with E-state index in [0.29, 0.717) is 12.8 Å². The number of benzene rings is 1. The summed E-state index contributed by atoms with van der Waals surface area (Å²) in [5.74, 6) is 1.38. The maximum absolute atomic E-state index is 13.6. The molecule has 0 radical (unpaired) electrons. The third-order valence-corrected chi connectivity index (χ3v) is 4.11. The van der Waals surface area contributed by atoms with Gasteiger partial charge >= 0.3 is 5.97 Å². The zero-order valence-corrected chi connectivity index (χ0v) is 14.0. The molecule has 4 nitrogen and oxygen atoms in total. The maximum atomic E-state index is 13.6. The largest absolute Gasteiger partial charge is 0.450 e. The first-order valence-corrected chi connectivity index (χ1v) is 8.03. The molecule has 1 unspecified atom stereocenters. The second kappa shape index (κ2) is 10.4. The van der Waals surface area contributed by atoms with Gasteiger partial charge in [0.2, 0.25) is 1.43 Å². The lowest BCUT2D eigenvalue weighted by Crippen LogP contribution is -2.45. The van der Waals surface area contributed by atoms with Crippen LogP contribution in [0.5, 0.6) is 0 Å². The summed E-state index contributed by atoms with van der Waals surface area (Å²) in [6, 6.07) is -3.99. The lowest BCUT2D eigenvalue weighted by Gasteiger charge is -2.36. The number of rotatable bonds is 8. The van der Waals surface area contributed by atoms with Crippen LogP contribution in [-0.4, -0.2) is 43.5 Å². The highest BCUT2D eigenvalue weighted by molar-refractivity contribution is 5.81. The van der Waals surface area contributed by atoms with Crippen molar-refractivity contribution in [1.29, 1.82) is 1.43 Å². The van der Waals surface area contributed by atoms with Crippen LogP contribution in [0.1, 0.15) is 74.7 Å². The number of aliphatic hydroxyl groups is 1. The summed E-state index contributed by atoms with van der Waals surface area (Å²) in [6.45, 7) is -20.0. The SMILES string of the molecule is [2H]OC(C(=O)OCC#CC([2H])([2H])N(C([2H])([2H])C([2H])([2H])[2H])C([2H])([2H])C([2H])([2H])[2H])(c1c([2H])c([2H])c([2H])c([2H])c1[2H])C1CCCCC1. The van der Waals surface area contributed by atoms with E-state index >= 15 is 0 Å². The fourth-order valence-electron chi connectivity index (χ4n) is 2.84. The quantitative estimate of drug-likeness (QED) is 0.559. The molecule has 0 amide bonds. The Morgan fingerprint density at radius 1 is 1.35 bits per heavy atom. The van der Waals surface area contributed by atoms with E-state index in [1.807, 2.05) is 5.92 Å². The molecule has 1 N–H and O–H groups in total. The van der Waals surface area contributed by atoms with Crippen LogP contribution in [0.3, 0.4) is 0 Å². The standard InChI is InChI=1S/C22H31NO3/c1-3-23(4-2)17-11-12-18-26-21(24)22(25,19-13-7-5-8-14-19)20-15-9-6-10-16-20/h5,7-8,13-14,20,25H,3-4,6,9-10,15-18H2,1-2H3/i1D3,2D3,3D2,4D2,5D,7D,8D,13D,14D,17D2,25D. The number of hydrogen-bond donors (Lipinski definition) is 1. The summed E-state index contributed by atoms with van der Waals surface area (Å²) >= 11 is 0. The Hall–Kier alpha value is -1.83. The minimum Gasteiger partial charge on any atom is -0.450 e. The molecular formula is C22H31NO3. The van der Waals surface area contributed by atoms with E-state index < -0.39 is 98.0 Å². The molecule has 1 aromatic carbocycles. The first-order valence-electron chi connectivity index (χ1n) is 16.9. The van der Waals surface area contributed by atoms with Gasteiger partial charge in [-0.1, -0.05) is 75.0 Å². The Morgan fingerprint density at radius 3 is 2.73 bits per heavy atom. The van der Waals surface area contributed by atoms with Crippen LogP contribution in [0, 0.1) is 17.8 Å². The highest BCUT2D eigenvalue weighted by Gasteiger charge is 2.46. The van der Waals surface area contributed by atoms with Gasteiger partial charge in [-0.05, 0) is 31.4 Å². The highest BCUT2D eigenvalue weighted by Crippen LogP contribution is 2.40. The lowest BCUT2D eigenvalue weighted by atomic mass is 9.73. The summed E-state index contributed by atoms with van der Waals surface area (Å²) in [5, 5.41) is 4.89. The predicted molar refractivity (Wildman–Crippen MR) is 103 cm³/mol. The number of esters is 1. The van der Waals surface area contributed by atoms with Crippen LogP contribution in [0.15, 0.2) is 30.2 Å². The molecule has 1 atom stereocenters. The molecule has 0 spiro atoms. The first kappa shape index (κ1) is 6.96. The van der Waals surface area contributed by atoms with E-state index in [4.69, 9.17) is 34.6 Å². The van der Waals surface area contributed by atoms with Gasteiger partial charge in [-0.2, -0.15) is 0 Å². The van der Waals surface area contributed by atoms with Gasteiger partial charge in [0.15, 0.2) is 12.2 Å². The second-order valence-electron chi connectivity index (χ2n) is 5.62. The van der Waals surface area contributed by atoms with Gasteiger partial charge in [0.25, 0.3) is 0 Å². The van der Waals surface area contributed by atoms with Crippen molar-refractivity contribution >= 4 is 5.97 Å². The molecule has 1 aliphatic carbocycles. The van der Waals surface area contributed by atoms with Crippen LogP contribution >= 0.6 is 0 Å². The zero-order chi connectivity index (χ0) is 34.3. The molecule has 0 aromatic heterocycles. The third kappa shape index (κ3) is 5.09. The van der Waals surface area contributed by atoms with Gasteiger partial charge in [-0.15, -0.1) is 0 Å². The van der Waals surface area contributed by atoms with E-state index in [1.54, 1.807) is 5.92 Å². The van der Waals surface area contributed by atoms with Crippen LogP contribution in [0.25, 0.3) is 0 Å². The van der Waals surface area contributed by atoms with Crippen LogP contribution in [0.2, 0.25) is 0 Å². The number of carbonyl (C=O) groups excluding carboxylic acids is 1. The summed E-state index contributed by atoms with van der Waals surface area (Å²) in [6.07, 6.45) is 2.34. The fraction of sp³-hybridized carbons (Fsp3) is 0.591. The van der Waals surface area contributed by atoms with Crippen LogP contribution in [0.4, 0.5) is 0 Å². The number of ether oxygens (including phenoxy) is 1. The zero-order valence-electron chi connectivity index (χ0n) is 32.0. The van der Waals surface area contributed by atoms with Gasteiger partial charge < -0.3 is 9.85 Å².